The molecule has 0 aliphatic carbocycles. The van der Waals surface area contributed by atoms with Crippen LogP contribution >= 0.6 is 11.6 Å². The van der Waals surface area contributed by atoms with E-state index in [1.54, 1.807) is 28.8 Å². The van der Waals surface area contributed by atoms with Gasteiger partial charge < -0.3 is 15.0 Å². The van der Waals surface area contributed by atoms with Gasteiger partial charge in [-0.1, -0.05) is 48.9 Å². The number of azo groups is 1. The van der Waals surface area contributed by atoms with Gasteiger partial charge in [0.15, 0.2) is 5.69 Å². The molecule has 0 aliphatic heterocycles. The number of benzene rings is 2. The van der Waals surface area contributed by atoms with Crippen LogP contribution in [0.4, 0.5) is 5.69 Å². The number of nitrogens with zero attached hydrogens (tertiary/aromatic N) is 3. The predicted molar refractivity (Wildman–Crippen MR) is 112 cm³/mol. The summed E-state index contributed by atoms with van der Waals surface area (Å²) in [5.41, 5.74) is 1.86. The predicted octanol–water partition coefficient (Wildman–Crippen LogP) is 4.38. The molecular weight excluding hydrogens is 392 g/mol. The van der Waals surface area contributed by atoms with Crippen molar-refractivity contribution in [2.75, 3.05) is 6.54 Å². The maximum atomic E-state index is 12.0. The molecule has 1 aromatic heterocycles. The Labute approximate surface area is 173 Å². The molecule has 2 N–H and O–H groups in total. The van der Waals surface area contributed by atoms with Gasteiger partial charge in [-0.3, -0.25) is 9.59 Å². The van der Waals surface area contributed by atoms with Crippen LogP contribution in [0, 0.1) is 0 Å². The number of fused-ring (bicyclic) bond motifs is 1. The van der Waals surface area contributed by atoms with Gasteiger partial charge in [-0.2, -0.15) is 0 Å². The molecule has 0 bridgehead atoms. The number of rotatable bonds is 7. The van der Waals surface area contributed by atoms with E-state index in [4.69, 9.17) is 11.6 Å². The van der Waals surface area contributed by atoms with Gasteiger partial charge in [-0.25, -0.2) is 0 Å². The summed E-state index contributed by atoms with van der Waals surface area (Å²) in [7, 11) is 0. The van der Waals surface area contributed by atoms with Crippen molar-refractivity contribution < 1.29 is 14.7 Å². The first-order chi connectivity index (χ1) is 14.0. The number of halogens is 1. The Balaban J connectivity index is 1.64. The molecule has 0 aliphatic rings. The summed E-state index contributed by atoms with van der Waals surface area (Å²) in [6.07, 6.45) is 0.967. The van der Waals surface area contributed by atoms with E-state index in [1.165, 1.54) is 0 Å². The van der Waals surface area contributed by atoms with E-state index in [9.17, 15) is 14.7 Å². The van der Waals surface area contributed by atoms with Gasteiger partial charge in [0.25, 0.3) is 5.91 Å². The third-order valence-electron chi connectivity index (χ3n) is 4.34. The third-order valence-corrected chi connectivity index (χ3v) is 4.59. The molecule has 3 rings (SSSR count). The molecule has 0 unspecified atom stereocenters. The molecule has 0 radical (unpaired) electrons. The van der Waals surface area contributed by atoms with E-state index in [0.29, 0.717) is 17.0 Å². The summed E-state index contributed by atoms with van der Waals surface area (Å²) in [6.45, 7) is 2.35. The molecule has 3 aromatic rings. The summed E-state index contributed by atoms with van der Waals surface area (Å²) >= 11 is 5.82. The minimum Gasteiger partial charge on any atom is -0.493 e. The van der Waals surface area contributed by atoms with Crippen molar-refractivity contribution in [1.29, 1.82) is 0 Å². The van der Waals surface area contributed by atoms with Crippen LogP contribution in [0.2, 0.25) is 5.02 Å². The standard InChI is InChI=1S/C21H21ClN4O3/c1-2-11-26-17-6-4-3-5-16(17)20(21(26)29)25-24-19(28)13-23-18(27)12-14-7-9-15(22)10-8-14/h3-10,29H,2,11-13H2,1H3,(H,23,27). The van der Waals surface area contributed by atoms with Gasteiger partial charge >= 0.3 is 0 Å². The summed E-state index contributed by atoms with van der Waals surface area (Å²) < 4.78 is 1.74. The zero-order chi connectivity index (χ0) is 20.8. The molecular formula is C21H21ClN4O3. The number of nitrogens with one attached hydrogen (secondary N) is 1. The molecule has 0 fully saturated rings. The zero-order valence-corrected chi connectivity index (χ0v) is 16.7. The SMILES string of the molecule is CCCn1c(O)c(N=NC(=O)CNC(=O)Cc2ccc(Cl)cc2)c2ccccc21. The zero-order valence-electron chi connectivity index (χ0n) is 15.9. The normalized spacial score (nSPS) is 11.2. The lowest BCUT2D eigenvalue weighted by Gasteiger charge is -2.03. The molecule has 150 valence electrons. The maximum Gasteiger partial charge on any atom is 0.283 e. The Kier molecular flexibility index (Phi) is 6.61. The molecule has 1 heterocycles. The van der Waals surface area contributed by atoms with Gasteiger partial charge in [-0.15, -0.1) is 10.2 Å². The smallest absolute Gasteiger partial charge is 0.283 e. The van der Waals surface area contributed by atoms with Crippen molar-refractivity contribution in [3.8, 4) is 5.88 Å². The second-order valence-corrected chi connectivity index (χ2v) is 6.95. The Morgan fingerprint density at radius 2 is 1.86 bits per heavy atom. The summed E-state index contributed by atoms with van der Waals surface area (Å²) in [4.78, 5) is 24.0. The Hall–Kier alpha value is -3.19. The quantitative estimate of drug-likeness (QED) is 0.563. The van der Waals surface area contributed by atoms with Crippen molar-refractivity contribution in [1.82, 2.24) is 9.88 Å². The van der Waals surface area contributed by atoms with Crippen LogP contribution in [0.1, 0.15) is 18.9 Å². The highest BCUT2D eigenvalue weighted by atomic mass is 35.5. The number of carbonyl (C=O) groups is 2. The minimum absolute atomic E-state index is 0.0311. The van der Waals surface area contributed by atoms with Crippen LogP contribution < -0.4 is 5.32 Å². The molecule has 2 aromatic carbocycles. The Bertz CT molecular complexity index is 1060. The van der Waals surface area contributed by atoms with E-state index in [-0.39, 0.29) is 30.4 Å². The average molecular weight is 413 g/mol. The molecule has 0 saturated carbocycles. The molecule has 2 amide bonds. The van der Waals surface area contributed by atoms with E-state index in [0.717, 1.165) is 17.5 Å². The molecule has 0 saturated heterocycles. The summed E-state index contributed by atoms with van der Waals surface area (Å²) in [5, 5.41) is 21.9. The molecule has 0 atom stereocenters. The van der Waals surface area contributed by atoms with Crippen LogP contribution in [-0.4, -0.2) is 28.0 Å². The van der Waals surface area contributed by atoms with Crippen molar-refractivity contribution in [2.24, 2.45) is 10.2 Å². The third kappa shape index (κ3) is 5.00. The summed E-state index contributed by atoms with van der Waals surface area (Å²) in [6, 6.07) is 14.3. The van der Waals surface area contributed by atoms with Crippen LogP contribution in [0.15, 0.2) is 58.8 Å². The van der Waals surface area contributed by atoms with Crippen LogP contribution in [0.5, 0.6) is 5.88 Å². The van der Waals surface area contributed by atoms with E-state index in [2.05, 4.69) is 15.5 Å². The number of aromatic hydroxyl groups is 1. The molecule has 7 nitrogen and oxygen atoms in total. The first-order valence-electron chi connectivity index (χ1n) is 9.25. The van der Waals surface area contributed by atoms with E-state index < -0.39 is 5.91 Å². The number of amides is 2. The summed E-state index contributed by atoms with van der Waals surface area (Å²) in [5.74, 6) is -0.948. The fourth-order valence-corrected chi connectivity index (χ4v) is 3.11. The number of aryl methyl sites for hydroxylation is 1. The van der Waals surface area contributed by atoms with Gasteiger partial charge in [0.2, 0.25) is 11.8 Å². The largest absolute Gasteiger partial charge is 0.493 e. The fourth-order valence-electron chi connectivity index (χ4n) is 2.99. The highest BCUT2D eigenvalue weighted by Gasteiger charge is 2.16. The molecule has 0 spiro atoms. The molecule has 29 heavy (non-hydrogen) atoms. The number of hydrogen-bond donors (Lipinski definition) is 2. The maximum absolute atomic E-state index is 12.0. The first-order valence-corrected chi connectivity index (χ1v) is 9.63. The van der Waals surface area contributed by atoms with Crippen LogP contribution in [0.3, 0.4) is 0 Å². The first kappa shape index (κ1) is 20.5. The second kappa shape index (κ2) is 9.34. The number of aromatic nitrogens is 1. The topological polar surface area (TPSA) is 96.0 Å². The number of carbonyl (C=O) groups excluding carboxylic acids is 2. The highest BCUT2D eigenvalue weighted by Crippen LogP contribution is 2.38. The van der Waals surface area contributed by atoms with E-state index in [1.807, 2.05) is 31.2 Å². The van der Waals surface area contributed by atoms with Gasteiger partial charge in [0.05, 0.1) is 11.9 Å². The van der Waals surface area contributed by atoms with Crippen LogP contribution in [-0.2, 0) is 22.6 Å². The minimum atomic E-state index is -0.610. The van der Waals surface area contributed by atoms with Crippen molar-refractivity contribution in [3.63, 3.8) is 0 Å². The monoisotopic (exact) mass is 412 g/mol. The lowest BCUT2D eigenvalue weighted by molar-refractivity contribution is -0.124. The number of para-hydroxylation sites is 1. The van der Waals surface area contributed by atoms with Crippen molar-refractivity contribution >= 4 is 40.0 Å². The second-order valence-electron chi connectivity index (χ2n) is 6.51. The highest BCUT2D eigenvalue weighted by molar-refractivity contribution is 6.30. The van der Waals surface area contributed by atoms with Crippen molar-refractivity contribution in [2.45, 2.75) is 26.3 Å². The van der Waals surface area contributed by atoms with Crippen molar-refractivity contribution in [3.05, 3.63) is 59.1 Å². The number of hydrogen-bond acceptors (Lipinski definition) is 4. The fraction of sp³-hybridized carbons (Fsp3) is 0.238. The van der Waals surface area contributed by atoms with Crippen LogP contribution in [0.25, 0.3) is 10.9 Å². The molecule has 8 heteroatoms. The average Bonchev–Trinajstić information content (AvgIpc) is 2.98. The lowest BCUT2D eigenvalue weighted by atomic mass is 10.1. The lowest BCUT2D eigenvalue weighted by Crippen LogP contribution is -2.29. The Morgan fingerprint density at radius 3 is 2.59 bits per heavy atom. The van der Waals surface area contributed by atoms with E-state index >= 15 is 0 Å². The van der Waals surface area contributed by atoms with Gasteiger partial charge in [0, 0.05) is 17.0 Å². The van der Waals surface area contributed by atoms with Gasteiger partial charge in [0.1, 0.15) is 6.54 Å². The van der Waals surface area contributed by atoms with Gasteiger partial charge in [-0.05, 0) is 30.2 Å². The Morgan fingerprint density at radius 1 is 1.14 bits per heavy atom.